The van der Waals surface area contributed by atoms with Crippen LogP contribution in [0.15, 0.2) is 0 Å². The Morgan fingerprint density at radius 2 is 2.00 bits per heavy atom. The summed E-state index contributed by atoms with van der Waals surface area (Å²) in [5.74, 6) is -3.24. The van der Waals surface area contributed by atoms with E-state index in [1.54, 1.807) is 0 Å². The van der Waals surface area contributed by atoms with Gasteiger partial charge in [0.15, 0.2) is 0 Å². The lowest BCUT2D eigenvalue weighted by Crippen LogP contribution is -2.35. The van der Waals surface area contributed by atoms with Crippen molar-refractivity contribution in [3.05, 3.63) is 11.4 Å². The van der Waals surface area contributed by atoms with Crippen molar-refractivity contribution in [1.82, 2.24) is 0 Å². The molecule has 0 aliphatic heterocycles. The second kappa shape index (κ2) is 4.04. The lowest BCUT2D eigenvalue weighted by atomic mass is 9.76. The van der Waals surface area contributed by atoms with Crippen LogP contribution in [0.3, 0.4) is 0 Å². The van der Waals surface area contributed by atoms with E-state index in [1.165, 1.54) is 0 Å². The fourth-order valence-corrected chi connectivity index (χ4v) is 2.21. The van der Waals surface area contributed by atoms with Crippen LogP contribution in [0.5, 0.6) is 0 Å². The molecule has 1 aliphatic rings. The summed E-state index contributed by atoms with van der Waals surface area (Å²) in [7, 11) is 0. The summed E-state index contributed by atoms with van der Waals surface area (Å²) in [5.41, 5.74) is 0. The summed E-state index contributed by atoms with van der Waals surface area (Å²) in [6, 6.07) is 0. The fraction of sp³-hybridized carbons (Fsp3) is 0.900. The minimum atomic E-state index is -2.60. The standard InChI is InChI=1S/C10H15F2N/c1-10(11,12)9-6-4-3-5-8(9)7-13-2/h8-9H,3-7H2,1H3. The van der Waals surface area contributed by atoms with E-state index in [2.05, 4.69) is 4.85 Å². The molecular formula is C10H15F2N. The van der Waals surface area contributed by atoms with Crippen LogP contribution < -0.4 is 0 Å². The number of hydrogen-bond donors (Lipinski definition) is 0. The Morgan fingerprint density at radius 3 is 2.54 bits per heavy atom. The van der Waals surface area contributed by atoms with Crippen LogP contribution in [0.4, 0.5) is 8.78 Å². The highest BCUT2D eigenvalue weighted by molar-refractivity contribution is 4.86. The molecule has 74 valence electrons. The van der Waals surface area contributed by atoms with Crippen molar-refractivity contribution in [3.63, 3.8) is 0 Å². The van der Waals surface area contributed by atoms with Crippen molar-refractivity contribution in [2.75, 3.05) is 6.54 Å². The van der Waals surface area contributed by atoms with Gasteiger partial charge >= 0.3 is 0 Å². The lowest BCUT2D eigenvalue weighted by Gasteiger charge is -2.32. The third-order valence-electron chi connectivity index (χ3n) is 2.89. The Hall–Kier alpha value is -0.650. The van der Waals surface area contributed by atoms with Crippen LogP contribution in [0.1, 0.15) is 32.6 Å². The van der Waals surface area contributed by atoms with Gasteiger partial charge in [-0.25, -0.2) is 15.4 Å². The first-order valence-corrected chi connectivity index (χ1v) is 4.76. The van der Waals surface area contributed by atoms with Crippen molar-refractivity contribution in [3.8, 4) is 0 Å². The maximum atomic E-state index is 13.1. The van der Waals surface area contributed by atoms with Crippen LogP contribution in [0.25, 0.3) is 4.85 Å². The zero-order valence-corrected chi connectivity index (χ0v) is 7.89. The molecule has 2 unspecified atom stereocenters. The zero-order valence-electron chi connectivity index (χ0n) is 7.89. The minimum absolute atomic E-state index is 0.0775. The van der Waals surface area contributed by atoms with Gasteiger partial charge in [0.2, 0.25) is 12.5 Å². The summed E-state index contributed by atoms with van der Waals surface area (Å²) in [6.45, 7) is 7.97. The van der Waals surface area contributed by atoms with Gasteiger partial charge in [0.1, 0.15) is 0 Å². The third-order valence-corrected chi connectivity index (χ3v) is 2.89. The third kappa shape index (κ3) is 2.65. The molecule has 0 spiro atoms. The highest BCUT2D eigenvalue weighted by Gasteiger charge is 2.42. The van der Waals surface area contributed by atoms with Crippen molar-refractivity contribution in [2.45, 2.75) is 38.5 Å². The first-order valence-electron chi connectivity index (χ1n) is 4.76. The molecule has 1 nitrogen and oxygen atoms in total. The first-order chi connectivity index (χ1) is 6.05. The molecule has 1 fully saturated rings. The largest absolute Gasteiger partial charge is 0.317 e. The number of rotatable bonds is 2. The summed E-state index contributed by atoms with van der Waals surface area (Å²) in [6.07, 6.45) is 3.29. The van der Waals surface area contributed by atoms with Crippen molar-refractivity contribution in [1.29, 1.82) is 0 Å². The molecule has 0 heterocycles. The molecule has 3 heteroatoms. The zero-order chi connectivity index (χ0) is 9.90. The number of hydrogen-bond acceptors (Lipinski definition) is 0. The smallest absolute Gasteiger partial charge is 0.248 e. The number of nitrogens with zero attached hydrogens (tertiary/aromatic N) is 1. The predicted octanol–water partition coefficient (Wildman–Crippen LogP) is 3.37. The second-order valence-electron chi connectivity index (χ2n) is 3.95. The summed E-state index contributed by atoms with van der Waals surface area (Å²) < 4.78 is 26.2. The minimum Gasteiger partial charge on any atom is -0.317 e. The molecule has 0 radical (unpaired) electrons. The summed E-state index contributed by atoms with van der Waals surface area (Å²) >= 11 is 0. The predicted molar refractivity (Wildman–Crippen MR) is 47.5 cm³/mol. The van der Waals surface area contributed by atoms with Gasteiger partial charge in [0, 0.05) is 11.8 Å². The average Bonchev–Trinajstić information content (AvgIpc) is 2.04. The molecule has 0 aromatic heterocycles. The average molecular weight is 187 g/mol. The maximum Gasteiger partial charge on any atom is 0.248 e. The Kier molecular flexibility index (Phi) is 3.24. The second-order valence-corrected chi connectivity index (χ2v) is 3.95. The van der Waals surface area contributed by atoms with Gasteiger partial charge < -0.3 is 4.85 Å². The molecule has 0 aromatic rings. The highest BCUT2D eigenvalue weighted by atomic mass is 19.3. The lowest BCUT2D eigenvalue weighted by molar-refractivity contribution is -0.0736. The Balaban J connectivity index is 2.63. The molecule has 0 bridgehead atoms. The van der Waals surface area contributed by atoms with Gasteiger partial charge in [-0.2, -0.15) is 0 Å². The topological polar surface area (TPSA) is 4.36 Å². The van der Waals surface area contributed by atoms with Crippen LogP contribution in [-0.2, 0) is 0 Å². The number of halogens is 2. The summed E-state index contributed by atoms with van der Waals surface area (Å²) in [4.78, 5) is 3.24. The van der Waals surface area contributed by atoms with Gasteiger partial charge in [-0.1, -0.05) is 12.8 Å². The van der Waals surface area contributed by atoms with E-state index in [4.69, 9.17) is 6.57 Å². The van der Waals surface area contributed by atoms with Crippen molar-refractivity contribution in [2.24, 2.45) is 11.8 Å². The van der Waals surface area contributed by atoms with Crippen LogP contribution in [0.2, 0.25) is 0 Å². The Morgan fingerprint density at radius 1 is 1.38 bits per heavy atom. The molecular weight excluding hydrogens is 172 g/mol. The van der Waals surface area contributed by atoms with Crippen molar-refractivity contribution >= 4 is 0 Å². The van der Waals surface area contributed by atoms with E-state index in [0.717, 1.165) is 26.2 Å². The van der Waals surface area contributed by atoms with Gasteiger partial charge in [0.05, 0.1) is 0 Å². The first kappa shape index (κ1) is 10.4. The maximum absolute atomic E-state index is 13.1. The van der Waals surface area contributed by atoms with Crippen LogP contribution >= 0.6 is 0 Å². The summed E-state index contributed by atoms with van der Waals surface area (Å²) in [5, 5.41) is 0. The Labute approximate surface area is 78.0 Å². The Bertz CT molecular complexity index is 202. The molecule has 1 saturated carbocycles. The van der Waals surface area contributed by atoms with Gasteiger partial charge in [-0.15, -0.1) is 0 Å². The van der Waals surface area contributed by atoms with E-state index in [1.807, 2.05) is 0 Å². The quantitative estimate of drug-likeness (QED) is 0.584. The fourth-order valence-electron chi connectivity index (χ4n) is 2.21. The van der Waals surface area contributed by atoms with Gasteiger partial charge in [-0.3, -0.25) is 0 Å². The molecule has 1 rings (SSSR count). The molecule has 0 amide bonds. The molecule has 0 saturated heterocycles. The van der Waals surface area contributed by atoms with Gasteiger partial charge in [-0.05, 0) is 19.8 Å². The van der Waals surface area contributed by atoms with Gasteiger partial charge in [0.25, 0.3) is 0 Å². The monoisotopic (exact) mass is 187 g/mol. The molecule has 1 aliphatic carbocycles. The molecule has 0 N–H and O–H groups in total. The van der Waals surface area contributed by atoms with E-state index in [-0.39, 0.29) is 12.5 Å². The molecule has 13 heavy (non-hydrogen) atoms. The number of alkyl halides is 2. The molecule has 2 atom stereocenters. The van der Waals surface area contributed by atoms with E-state index >= 15 is 0 Å². The van der Waals surface area contributed by atoms with E-state index in [0.29, 0.717) is 6.42 Å². The van der Waals surface area contributed by atoms with E-state index in [9.17, 15) is 8.78 Å². The normalized spacial score (nSPS) is 29.7. The SMILES string of the molecule is [C-]#[N+]CC1CCCCC1C(C)(F)F. The molecule has 0 aromatic carbocycles. The van der Waals surface area contributed by atoms with Crippen molar-refractivity contribution < 1.29 is 8.78 Å². The van der Waals surface area contributed by atoms with Crippen LogP contribution in [0, 0.1) is 18.4 Å². The van der Waals surface area contributed by atoms with E-state index < -0.39 is 11.8 Å². The van der Waals surface area contributed by atoms with Crippen LogP contribution in [-0.4, -0.2) is 12.5 Å². The highest BCUT2D eigenvalue weighted by Crippen LogP contribution is 2.40.